The van der Waals surface area contributed by atoms with Crippen molar-refractivity contribution in [1.82, 2.24) is 19.7 Å². The third-order valence-electron chi connectivity index (χ3n) is 4.30. The lowest BCUT2D eigenvalue weighted by Crippen LogP contribution is -2.21. The maximum absolute atomic E-state index is 12.7. The van der Waals surface area contributed by atoms with Gasteiger partial charge in [-0.05, 0) is 37.8 Å². The molecule has 0 radical (unpaired) electrons. The molecule has 0 saturated heterocycles. The van der Waals surface area contributed by atoms with E-state index in [-0.39, 0.29) is 10.7 Å². The molecule has 0 aliphatic carbocycles. The van der Waals surface area contributed by atoms with Crippen LogP contribution in [0.15, 0.2) is 23.0 Å². The summed E-state index contributed by atoms with van der Waals surface area (Å²) in [5.41, 5.74) is 1.78. The van der Waals surface area contributed by atoms with Gasteiger partial charge in [0.1, 0.15) is 17.0 Å². The monoisotopic (exact) mass is 411 g/mol. The number of aryl methyl sites for hydroxylation is 2. The molecule has 29 heavy (non-hydrogen) atoms. The second-order valence-corrected chi connectivity index (χ2v) is 7.09. The third kappa shape index (κ3) is 3.82. The van der Waals surface area contributed by atoms with Gasteiger partial charge in [0, 0.05) is 7.05 Å². The fraction of sp³-hybridized carbons (Fsp3) is 0.316. The number of nitriles is 1. The van der Waals surface area contributed by atoms with Gasteiger partial charge in [-0.25, -0.2) is 14.6 Å². The summed E-state index contributed by atoms with van der Waals surface area (Å²) < 4.78 is 7.40. The molecule has 0 aliphatic heterocycles. The van der Waals surface area contributed by atoms with Crippen LogP contribution in [0.5, 0.6) is 5.75 Å². The van der Waals surface area contributed by atoms with Gasteiger partial charge >= 0.3 is 0 Å². The summed E-state index contributed by atoms with van der Waals surface area (Å²) in [6.45, 7) is 4.25. The first-order valence-electron chi connectivity index (χ1n) is 8.94. The molecule has 3 aromatic rings. The van der Waals surface area contributed by atoms with E-state index in [9.17, 15) is 10.1 Å². The number of rotatable bonds is 5. The number of hydrogen-bond acceptors (Lipinski definition) is 7. The first-order chi connectivity index (χ1) is 13.9. The van der Waals surface area contributed by atoms with Crippen LogP contribution in [0, 0.1) is 23.8 Å². The molecule has 0 saturated carbocycles. The number of ether oxygens (including phenoxy) is 1. The predicted octanol–water partition coefficient (Wildman–Crippen LogP) is 3.01. The van der Waals surface area contributed by atoms with Crippen LogP contribution in [0.1, 0.15) is 19.0 Å². The normalized spacial score (nSPS) is 10.7. The number of thioether (sulfide) groups is 1. The molecule has 1 aromatic carbocycles. The fourth-order valence-electron chi connectivity index (χ4n) is 2.96. The van der Waals surface area contributed by atoms with Crippen LogP contribution in [-0.2, 0) is 7.05 Å². The SMILES string of the molecule is CCCOc1ccc(N(C#N)C(=N)SC)cc1-c1nc2c(c(C)nn2C)c(=O)[nH]1. The van der Waals surface area contributed by atoms with Crippen molar-refractivity contribution >= 4 is 33.7 Å². The van der Waals surface area contributed by atoms with E-state index in [0.717, 1.165) is 18.2 Å². The molecular weight excluding hydrogens is 390 g/mol. The Morgan fingerprint density at radius 2 is 2.24 bits per heavy atom. The molecule has 0 spiro atoms. The molecule has 9 nitrogen and oxygen atoms in total. The Kier molecular flexibility index (Phi) is 5.89. The molecule has 0 bridgehead atoms. The van der Waals surface area contributed by atoms with Crippen LogP contribution in [0.3, 0.4) is 0 Å². The lowest BCUT2D eigenvalue weighted by Gasteiger charge is -2.17. The van der Waals surface area contributed by atoms with Gasteiger partial charge < -0.3 is 9.72 Å². The first kappa shape index (κ1) is 20.4. The second-order valence-electron chi connectivity index (χ2n) is 6.30. The van der Waals surface area contributed by atoms with Crippen molar-refractivity contribution in [2.75, 3.05) is 17.8 Å². The van der Waals surface area contributed by atoms with Gasteiger partial charge in [-0.2, -0.15) is 10.4 Å². The van der Waals surface area contributed by atoms with E-state index in [1.165, 1.54) is 4.90 Å². The molecule has 0 fully saturated rings. The number of anilines is 1. The summed E-state index contributed by atoms with van der Waals surface area (Å²) in [6, 6.07) is 5.11. The van der Waals surface area contributed by atoms with E-state index in [1.807, 2.05) is 13.1 Å². The zero-order valence-electron chi connectivity index (χ0n) is 16.6. The standard InChI is InChI=1S/C19H21N7O2S/c1-5-8-28-14-7-6-12(26(10-20)19(21)29-4)9-13(14)16-22-17-15(18(27)23-16)11(2)24-25(17)3/h6-7,9,21H,5,8H2,1-4H3,(H,22,23,27). The van der Waals surface area contributed by atoms with Crippen LogP contribution in [0.25, 0.3) is 22.4 Å². The lowest BCUT2D eigenvalue weighted by molar-refractivity contribution is 0.318. The van der Waals surface area contributed by atoms with Crippen molar-refractivity contribution in [1.29, 1.82) is 10.7 Å². The molecule has 150 valence electrons. The number of aromatic nitrogens is 4. The Hall–Kier alpha value is -3.32. The fourth-order valence-corrected chi connectivity index (χ4v) is 3.29. The molecule has 0 amide bonds. The van der Waals surface area contributed by atoms with E-state index in [0.29, 0.717) is 46.2 Å². The minimum absolute atomic E-state index is 0.0832. The topological polar surface area (TPSA) is 124 Å². The van der Waals surface area contributed by atoms with Crippen LogP contribution in [0.2, 0.25) is 0 Å². The molecule has 0 unspecified atom stereocenters. The second kappa shape index (κ2) is 8.36. The van der Waals surface area contributed by atoms with E-state index >= 15 is 0 Å². The lowest BCUT2D eigenvalue weighted by atomic mass is 10.1. The average molecular weight is 411 g/mol. The third-order valence-corrected chi connectivity index (χ3v) is 4.87. The van der Waals surface area contributed by atoms with Gasteiger partial charge in [-0.3, -0.25) is 10.2 Å². The smallest absolute Gasteiger partial charge is 0.262 e. The molecule has 2 N–H and O–H groups in total. The Morgan fingerprint density at radius 1 is 1.48 bits per heavy atom. The van der Waals surface area contributed by atoms with E-state index in [1.54, 1.807) is 43.1 Å². The van der Waals surface area contributed by atoms with Gasteiger partial charge in [-0.1, -0.05) is 18.7 Å². The predicted molar refractivity (Wildman–Crippen MR) is 114 cm³/mol. The summed E-state index contributed by atoms with van der Waals surface area (Å²) >= 11 is 1.15. The first-order valence-corrected chi connectivity index (χ1v) is 10.2. The van der Waals surface area contributed by atoms with Gasteiger partial charge in [-0.15, -0.1) is 0 Å². The Labute approximate surface area is 171 Å². The van der Waals surface area contributed by atoms with Gasteiger partial charge in [0.05, 0.1) is 23.6 Å². The van der Waals surface area contributed by atoms with E-state index in [4.69, 9.17) is 10.1 Å². The maximum atomic E-state index is 12.7. The number of amidine groups is 1. The number of H-pyrrole nitrogens is 1. The van der Waals surface area contributed by atoms with Crippen LogP contribution < -0.4 is 15.2 Å². The summed E-state index contributed by atoms with van der Waals surface area (Å²) in [6.07, 6.45) is 4.54. The van der Waals surface area contributed by atoms with Gasteiger partial charge in [0.25, 0.3) is 5.56 Å². The summed E-state index contributed by atoms with van der Waals surface area (Å²) in [4.78, 5) is 21.3. The van der Waals surface area contributed by atoms with Crippen molar-refractivity contribution in [3.63, 3.8) is 0 Å². The van der Waals surface area contributed by atoms with Gasteiger partial charge in [0.15, 0.2) is 17.0 Å². The highest BCUT2D eigenvalue weighted by Gasteiger charge is 2.19. The number of aromatic amines is 1. The van der Waals surface area contributed by atoms with Crippen LogP contribution in [0.4, 0.5) is 5.69 Å². The largest absolute Gasteiger partial charge is 0.493 e. The molecular formula is C19H21N7O2S. The zero-order chi connectivity index (χ0) is 21.1. The maximum Gasteiger partial charge on any atom is 0.262 e. The number of fused-ring (bicyclic) bond motifs is 1. The highest BCUT2D eigenvalue weighted by Crippen LogP contribution is 2.33. The Morgan fingerprint density at radius 3 is 2.90 bits per heavy atom. The number of nitrogens with one attached hydrogen (secondary N) is 2. The highest BCUT2D eigenvalue weighted by molar-refractivity contribution is 8.13. The number of hydrogen-bond donors (Lipinski definition) is 2. The number of nitrogens with zero attached hydrogens (tertiary/aromatic N) is 5. The van der Waals surface area contributed by atoms with E-state index in [2.05, 4.69) is 15.1 Å². The molecule has 0 atom stereocenters. The molecule has 2 aromatic heterocycles. The molecule has 10 heteroatoms. The minimum Gasteiger partial charge on any atom is -0.493 e. The van der Waals surface area contributed by atoms with Crippen molar-refractivity contribution < 1.29 is 4.74 Å². The molecule has 3 rings (SSSR count). The minimum atomic E-state index is -0.295. The van der Waals surface area contributed by atoms with Crippen molar-refractivity contribution in [2.45, 2.75) is 20.3 Å². The van der Waals surface area contributed by atoms with Gasteiger partial charge in [0.2, 0.25) is 0 Å². The summed E-state index contributed by atoms with van der Waals surface area (Å²) in [5.74, 6) is 0.845. The summed E-state index contributed by atoms with van der Waals surface area (Å²) in [7, 11) is 1.73. The molecule has 0 aliphatic rings. The quantitative estimate of drug-likeness (QED) is 0.286. The number of benzene rings is 1. The molecule has 2 heterocycles. The van der Waals surface area contributed by atoms with Crippen LogP contribution >= 0.6 is 11.8 Å². The van der Waals surface area contributed by atoms with Crippen molar-refractivity contribution in [2.24, 2.45) is 7.05 Å². The highest BCUT2D eigenvalue weighted by atomic mass is 32.2. The zero-order valence-corrected chi connectivity index (χ0v) is 17.4. The summed E-state index contributed by atoms with van der Waals surface area (Å²) in [5, 5.41) is 22.3. The Bertz CT molecular complexity index is 1180. The van der Waals surface area contributed by atoms with Crippen molar-refractivity contribution in [3.05, 3.63) is 34.2 Å². The Balaban J connectivity index is 2.23. The van der Waals surface area contributed by atoms with Crippen LogP contribution in [-0.4, -0.2) is 37.8 Å². The average Bonchev–Trinajstić information content (AvgIpc) is 3.01. The van der Waals surface area contributed by atoms with E-state index < -0.39 is 0 Å². The van der Waals surface area contributed by atoms with Crippen molar-refractivity contribution in [3.8, 4) is 23.3 Å².